The summed E-state index contributed by atoms with van der Waals surface area (Å²) in [6, 6.07) is 0. The second-order valence-electron chi connectivity index (χ2n) is 6.55. The molecule has 0 aliphatic carbocycles. The lowest BCUT2D eigenvalue weighted by molar-refractivity contribution is -0.459. The molecule has 23 heteroatoms. The maximum Gasteiger partial charge on any atom is 0.460 e. The molecule has 0 rings (SSSR count). The van der Waals surface area contributed by atoms with Crippen LogP contribution in [0.5, 0.6) is 0 Å². The molecule has 0 radical (unpaired) electrons. The zero-order valence-corrected chi connectivity index (χ0v) is 18.1. The Balaban J connectivity index is 7.10. The molecule has 0 aromatic carbocycles. The van der Waals surface area contributed by atoms with Gasteiger partial charge in [0.1, 0.15) is 5.70 Å². The van der Waals surface area contributed by atoms with Gasteiger partial charge in [-0.2, -0.15) is 74.6 Å². The van der Waals surface area contributed by atoms with Crippen molar-refractivity contribution < 1.29 is 92.9 Å². The van der Waals surface area contributed by atoms with E-state index in [1.807, 2.05) is 0 Å². The highest BCUT2D eigenvalue weighted by Crippen LogP contribution is 2.64. The lowest BCUT2D eigenvalue weighted by Gasteiger charge is -2.42. The second kappa shape index (κ2) is 9.91. The lowest BCUT2D eigenvalue weighted by atomic mass is 9.89. The van der Waals surface area contributed by atoms with E-state index < -0.39 is 87.6 Å². The molecule has 0 aliphatic heterocycles. The minimum absolute atomic E-state index is 0.119. The molecule has 0 heterocycles. The first-order valence-electron chi connectivity index (χ1n) is 8.40. The summed E-state index contributed by atoms with van der Waals surface area (Å²) >= 11 is -3.67. The number of nitrogens with zero attached hydrogens (tertiary/aromatic N) is 1. The summed E-state index contributed by atoms with van der Waals surface area (Å²) in [7, 11) is 0.119. The van der Waals surface area contributed by atoms with Gasteiger partial charge in [0.2, 0.25) is 0 Å². The average molecular weight is 611 g/mol. The number of hydrogen-bond acceptors (Lipinski definition) is 3. The van der Waals surface area contributed by atoms with Crippen molar-refractivity contribution in [2.75, 3.05) is 13.7 Å². The van der Waals surface area contributed by atoms with Gasteiger partial charge in [-0.3, -0.25) is 8.86 Å². The number of allylic oxidation sites excluding steroid dienone is 1. The van der Waals surface area contributed by atoms with Gasteiger partial charge in [0, 0.05) is 13.1 Å². The van der Waals surface area contributed by atoms with Crippen molar-refractivity contribution in [2.45, 2.75) is 54.6 Å². The third-order valence-corrected chi connectivity index (χ3v) is 4.79. The fraction of sp³-hybridized carbons (Fsp3) is 0.786. The first-order valence-corrected chi connectivity index (χ1v) is 9.46. The SMILES string of the molecule is CCOC(=O)C(=CC(F)(F)C(F)(F)C(F)(F)C(F)(F)C(F)(F)C(F)(F)C(F)(F)C(F)(F)F)N(C)S(=O)O. The highest BCUT2D eigenvalue weighted by atomic mass is 32.2. The summed E-state index contributed by atoms with van der Waals surface area (Å²) in [6.07, 6.45) is -9.71. The number of ether oxygens (including phenoxy) is 1. The van der Waals surface area contributed by atoms with Crippen LogP contribution in [-0.2, 0) is 20.8 Å². The van der Waals surface area contributed by atoms with E-state index in [4.69, 9.17) is 4.55 Å². The van der Waals surface area contributed by atoms with Crippen LogP contribution in [0, 0.1) is 0 Å². The van der Waals surface area contributed by atoms with Crippen LogP contribution in [-0.4, -0.2) is 80.3 Å². The Hall–Kier alpha value is -2.07. The Morgan fingerprint density at radius 2 is 1.05 bits per heavy atom. The van der Waals surface area contributed by atoms with Gasteiger partial charge >= 0.3 is 53.6 Å². The number of alkyl halides is 17. The van der Waals surface area contributed by atoms with Crippen molar-refractivity contribution in [3.8, 4) is 0 Å². The molecule has 1 unspecified atom stereocenters. The molecule has 0 bridgehead atoms. The van der Waals surface area contributed by atoms with Crippen LogP contribution >= 0.6 is 0 Å². The largest absolute Gasteiger partial charge is 0.461 e. The Kier molecular flexibility index (Phi) is 9.36. The molecule has 220 valence electrons. The molecule has 0 aliphatic rings. The number of carbonyl (C=O) groups excluding carboxylic acids is 1. The Morgan fingerprint density at radius 1 is 0.730 bits per heavy atom. The highest BCUT2D eigenvalue weighted by molar-refractivity contribution is 7.76. The monoisotopic (exact) mass is 611 g/mol. The molecule has 37 heavy (non-hydrogen) atoms. The normalized spacial score (nSPS) is 16.5. The van der Waals surface area contributed by atoms with Gasteiger partial charge in [0.15, 0.2) is 0 Å². The molecule has 5 nitrogen and oxygen atoms in total. The third-order valence-electron chi connectivity index (χ3n) is 4.12. The van der Waals surface area contributed by atoms with E-state index in [0.717, 1.165) is 6.92 Å². The predicted octanol–water partition coefficient (Wildman–Crippen LogP) is 5.51. The van der Waals surface area contributed by atoms with Crippen LogP contribution in [0.3, 0.4) is 0 Å². The maximum atomic E-state index is 14.0. The molecule has 0 saturated carbocycles. The number of rotatable bonds is 11. The van der Waals surface area contributed by atoms with Gasteiger partial charge in [-0.15, -0.1) is 0 Å². The van der Waals surface area contributed by atoms with E-state index >= 15 is 0 Å². The number of carbonyl (C=O) groups is 1. The third kappa shape index (κ3) is 5.28. The smallest absolute Gasteiger partial charge is 0.460 e. The predicted molar refractivity (Wildman–Crippen MR) is 83.9 cm³/mol. The Morgan fingerprint density at radius 3 is 1.35 bits per heavy atom. The molecule has 0 spiro atoms. The zero-order valence-electron chi connectivity index (χ0n) is 17.2. The van der Waals surface area contributed by atoms with E-state index in [0.29, 0.717) is 0 Å². The Labute approximate surface area is 195 Å². The van der Waals surface area contributed by atoms with Crippen LogP contribution < -0.4 is 0 Å². The van der Waals surface area contributed by atoms with Crippen molar-refractivity contribution in [3.63, 3.8) is 0 Å². The molecule has 0 aromatic rings. The molecule has 0 aromatic heterocycles. The van der Waals surface area contributed by atoms with Crippen LogP contribution in [0.25, 0.3) is 0 Å². The summed E-state index contributed by atoms with van der Waals surface area (Å²) in [4.78, 5) is 11.5. The molecular weight excluding hydrogens is 601 g/mol. The van der Waals surface area contributed by atoms with Gasteiger partial charge in [-0.05, 0) is 6.92 Å². The summed E-state index contributed by atoms with van der Waals surface area (Å²) in [5.41, 5.74) is -2.31. The summed E-state index contributed by atoms with van der Waals surface area (Å²) in [6.45, 7) is 0.0266. The van der Waals surface area contributed by atoms with Crippen molar-refractivity contribution in [1.82, 2.24) is 4.31 Å². The first kappa shape index (κ1) is 34.9. The van der Waals surface area contributed by atoms with Crippen LogP contribution in [0.1, 0.15) is 6.92 Å². The number of esters is 1. The van der Waals surface area contributed by atoms with E-state index in [9.17, 15) is 83.6 Å². The number of hydrogen-bond donors (Lipinski definition) is 1. The van der Waals surface area contributed by atoms with Crippen LogP contribution in [0.2, 0.25) is 0 Å². The van der Waals surface area contributed by atoms with Crippen molar-refractivity contribution >= 4 is 17.2 Å². The second-order valence-corrected chi connectivity index (χ2v) is 7.55. The topological polar surface area (TPSA) is 66.8 Å². The Bertz CT molecular complexity index is 914. The van der Waals surface area contributed by atoms with E-state index in [-0.39, 0.29) is 7.05 Å². The van der Waals surface area contributed by atoms with Crippen molar-refractivity contribution in [1.29, 1.82) is 0 Å². The molecule has 1 atom stereocenters. The van der Waals surface area contributed by atoms with E-state index in [1.54, 1.807) is 0 Å². The lowest BCUT2D eigenvalue weighted by Crippen LogP contribution is -2.74. The molecule has 0 saturated heterocycles. The first-order chi connectivity index (χ1) is 15.9. The van der Waals surface area contributed by atoms with E-state index in [1.165, 1.54) is 0 Å². The molecule has 1 N–H and O–H groups in total. The minimum Gasteiger partial charge on any atom is -0.461 e. The van der Waals surface area contributed by atoms with Gasteiger partial charge < -0.3 is 4.74 Å². The van der Waals surface area contributed by atoms with Crippen molar-refractivity contribution in [2.24, 2.45) is 0 Å². The van der Waals surface area contributed by atoms with Crippen LogP contribution in [0.15, 0.2) is 11.8 Å². The number of halogens is 17. The molecule has 0 amide bonds. The summed E-state index contributed by atoms with van der Waals surface area (Å²) < 4.78 is 248. The standard InChI is InChI=1S/C14H10F17NO4S/c1-3-36-6(33)5(32(2)37(34)35)4-7(15,16)8(17,18)9(19,20)10(21,22)11(23,24)12(25,26)13(27,28)14(29,30)31/h4H,3H2,1-2H3,(H,34,35). The number of likely N-dealkylation sites (N-methyl/N-ethyl adjacent to an activating group) is 1. The summed E-state index contributed by atoms with van der Waals surface area (Å²) in [5, 5.41) is 0. The van der Waals surface area contributed by atoms with Gasteiger partial charge in [-0.25, -0.2) is 9.00 Å². The quantitative estimate of drug-likeness (QED) is 0.145. The molecular formula is C14H10F17NO4S. The fourth-order valence-corrected chi connectivity index (χ4v) is 2.30. The van der Waals surface area contributed by atoms with Gasteiger partial charge in [0.05, 0.1) is 6.61 Å². The average Bonchev–Trinajstić information content (AvgIpc) is 2.69. The summed E-state index contributed by atoms with van der Waals surface area (Å²) in [5.74, 6) is -60.7. The maximum absolute atomic E-state index is 14.0. The van der Waals surface area contributed by atoms with Gasteiger partial charge in [-0.1, -0.05) is 0 Å². The minimum atomic E-state index is -8.81. The van der Waals surface area contributed by atoms with Crippen molar-refractivity contribution in [3.05, 3.63) is 11.8 Å². The molecule has 0 fully saturated rings. The fourth-order valence-electron chi connectivity index (χ4n) is 2.01. The van der Waals surface area contributed by atoms with E-state index in [2.05, 4.69) is 4.74 Å². The van der Waals surface area contributed by atoms with Gasteiger partial charge in [0.25, 0.3) is 11.3 Å². The zero-order chi connectivity index (χ0) is 30.4. The van der Waals surface area contributed by atoms with Crippen LogP contribution in [0.4, 0.5) is 74.6 Å². The highest BCUT2D eigenvalue weighted by Gasteiger charge is 2.95.